The Bertz CT molecular complexity index is 1110. The van der Waals surface area contributed by atoms with Gasteiger partial charge in [0.1, 0.15) is 17.2 Å². The predicted octanol–water partition coefficient (Wildman–Crippen LogP) is 4.93. The van der Waals surface area contributed by atoms with Crippen LogP contribution in [0.4, 0.5) is 5.82 Å². The molecular formula is C24H24ClN3O3. The standard InChI is InChI=1S/C24H24ClN3O3/c1-2-20-19(18-5-3-4-6-21(18)31-20)8-10-23(29)28-13-11-16(12-14-28)24(30)27-22-9-7-17(25)15-26-22/h3-10,15-16H,2,11-14H2,1H3,(H,26,27,30). The van der Waals surface area contributed by atoms with Crippen LogP contribution in [0.3, 0.4) is 0 Å². The van der Waals surface area contributed by atoms with Crippen molar-refractivity contribution in [1.82, 2.24) is 9.88 Å². The van der Waals surface area contributed by atoms with Gasteiger partial charge in [-0.1, -0.05) is 36.7 Å². The number of fused-ring (bicyclic) bond motifs is 1. The first kappa shape index (κ1) is 21.1. The van der Waals surface area contributed by atoms with E-state index in [0.717, 1.165) is 28.7 Å². The minimum Gasteiger partial charge on any atom is -0.460 e. The maximum Gasteiger partial charge on any atom is 0.246 e. The first-order valence-electron chi connectivity index (χ1n) is 10.4. The van der Waals surface area contributed by atoms with E-state index in [4.69, 9.17) is 16.0 Å². The largest absolute Gasteiger partial charge is 0.460 e. The summed E-state index contributed by atoms with van der Waals surface area (Å²) in [7, 11) is 0. The zero-order chi connectivity index (χ0) is 21.8. The Hall–Kier alpha value is -3.12. The summed E-state index contributed by atoms with van der Waals surface area (Å²) in [6, 6.07) is 11.2. The molecule has 1 fully saturated rings. The monoisotopic (exact) mass is 437 g/mol. The van der Waals surface area contributed by atoms with E-state index in [1.165, 1.54) is 6.20 Å². The van der Waals surface area contributed by atoms with Crippen LogP contribution < -0.4 is 5.32 Å². The molecule has 7 heteroatoms. The van der Waals surface area contributed by atoms with Crippen LogP contribution in [0.25, 0.3) is 17.0 Å². The fraction of sp³-hybridized carbons (Fsp3) is 0.292. The van der Waals surface area contributed by atoms with Gasteiger partial charge in [0, 0.05) is 48.7 Å². The molecule has 1 aromatic carbocycles. The molecule has 4 rings (SSSR count). The lowest BCUT2D eigenvalue weighted by atomic mass is 9.96. The Balaban J connectivity index is 1.35. The van der Waals surface area contributed by atoms with Crippen molar-refractivity contribution in [3.8, 4) is 0 Å². The number of hydrogen-bond acceptors (Lipinski definition) is 4. The molecule has 6 nitrogen and oxygen atoms in total. The van der Waals surface area contributed by atoms with Crippen LogP contribution >= 0.6 is 11.6 Å². The highest BCUT2D eigenvalue weighted by molar-refractivity contribution is 6.30. The molecule has 0 unspecified atom stereocenters. The highest BCUT2D eigenvalue weighted by Gasteiger charge is 2.27. The third-order valence-corrected chi connectivity index (χ3v) is 5.80. The molecule has 0 bridgehead atoms. The molecule has 1 aliphatic heterocycles. The van der Waals surface area contributed by atoms with E-state index in [0.29, 0.717) is 36.8 Å². The molecule has 31 heavy (non-hydrogen) atoms. The minimum absolute atomic E-state index is 0.0504. The molecule has 0 atom stereocenters. The van der Waals surface area contributed by atoms with Crippen LogP contribution in [-0.2, 0) is 16.0 Å². The second-order valence-electron chi connectivity index (χ2n) is 7.57. The topological polar surface area (TPSA) is 75.4 Å². The lowest BCUT2D eigenvalue weighted by Gasteiger charge is -2.30. The summed E-state index contributed by atoms with van der Waals surface area (Å²) in [6.07, 6.45) is 6.94. The van der Waals surface area contributed by atoms with Crippen molar-refractivity contribution in [3.05, 3.63) is 65.0 Å². The summed E-state index contributed by atoms with van der Waals surface area (Å²) >= 11 is 5.82. The number of likely N-dealkylation sites (tertiary alicyclic amines) is 1. The van der Waals surface area contributed by atoms with Crippen molar-refractivity contribution in [1.29, 1.82) is 0 Å². The van der Waals surface area contributed by atoms with Gasteiger partial charge in [-0.05, 0) is 37.1 Å². The van der Waals surface area contributed by atoms with E-state index in [1.807, 2.05) is 37.3 Å². The number of aryl methyl sites for hydroxylation is 1. The van der Waals surface area contributed by atoms with Crippen molar-refractivity contribution >= 4 is 46.3 Å². The SMILES string of the molecule is CCc1oc2ccccc2c1C=CC(=O)N1CCC(C(=O)Nc2ccc(Cl)cn2)CC1. The predicted molar refractivity (Wildman–Crippen MR) is 122 cm³/mol. The van der Waals surface area contributed by atoms with Crippen molar-refractivity contribution < 1.29 is 14.0 Å². The number of rotatable bonds is 5. The van der Waals surface area contributed by atoms with Gasteiger partial charge in [0.25, 0.3) is 0 Å². The number of nitrogens with one attached hydrogen (secondary N) is 1. The van der Waals surface area contributed by atoms with Crippen molar-refractivity contribution in [3.63, 3.8) is 0 Å². The molecular weight excluding hydrogens is 414 g/mol. The molecule has 3 aromatic rings. The number of benzene rings is 1. The number of aromatic nitrogens is 1. The molecule has 0 saturated carbocycles. The van der Waals surface area contributed by atoms with Gasteiger partial charge in [0.2, 0.25) is 11.8 Å². The fourth-order valence-electron chi connectivity index (χ4n) is 3.86. The number of amides is 2. The number of carbonyl (C=O) groups is 2. The van der Waals surface area contributed by atoms with Crippen LogP contribution in [0.5, 0.6) is 0 Å². The Morgan fingerprint density at radius 2 is 2.00 bits per heavy atom. The van der Waals surface area contributed by atoms with E-state index in [1.54, 1.807) is 23.1 Å². The molecule has 1 N–H and O–H groups in total. The molecule has 1 saturated heterocycles. The Labute approximate surface area is 185 Å². The first-order chi connectivity index (χ1) is 15.0. The number of piperidine rings is 1. The Morgan fingerprint density at radius 3 is 2.71 bits per heavy atom. The van der Waals surface area contributed by atoms with Gasteiger partial charge in [-0.2, -0.15) is 0 Å². The van der Waals surface area contributed by atoms with E-state index < -0.39 is 0 Å². The van der Waals surface area contributed by atoms with Crippen LogP contribution in [0.1, 0.15) is 31.1 Å². The molecule has 1 aliphatic rings. The summed E-state index contributed by atoms with van der Waals surface area (Å²) in [4.78, 5) is 31.1. The lowest BCUT2D eigenvalue weighted by Crippen LogP contribution is -2.40. The van der Waals surface area contributed by atoms with E-state index in [-0.39, 0.29) is 17.7 Å². The zero-order valence-electron chi connectivity index (χ0n) is 17.3. The maximum atomic E-state index is 12.7. The number of nitrogens with zero attached hydrogens (tertiary/aromatic N) is 2. The molecule has 0 radical (unpaired) electrons. The van der Waals surface area contributed by atoms with Gasteiger partial charge in [-0.25, -0.2) is 4.98 Å². The number of anilines is 1. The summed E-state index contributed by atoms with van der Waals surface area (Å²) < 4.78 is 5.89. The zero-order valence-corrected chi connectivity index (χ0v) is 18.1. The minimum atomic E-state index is -0.144. The third kappa shape index (κ3) is 4.80. The smallest absolute Gasteiger partial charge is 0.246 e. The van der Waals surface area contributed by atoms with Gasteiger partial charge in [-0.15, -0.1) is 0 Å². The average Bonchev–Trinajstić information content (AvgIpc) is 3.16. The number of hydrogen-bond donors (Lipinski definition) is 1. The lowest BCUT2D eigenvalue weighted by molar-refractivity contribution is -0.130. The van der Waals surface area contributed by atoms with E-state index >= 15 is 0 Å². The maximum absolute atomic E-state index is 12.7. The van der Waals surface area contributed by atoms with Crippen LogP contribution in [0.2, 0.25) is 5.02 Å². The summed E-state index contributed by atoms with van der Waals surface area (Å²) in [6.45, 7) is 3.12. The number of para-hydroxylation sites is 1. The second kappa shape index (κ2) is 9.35. The number of pyridine rings is 1. The van der Waals surface area contributed by atoms with Crippen molar-refractivity contribution in [2.45, 2.75) is 26.2 Å². The van der Waals surface area contributed by atoms with Crippen LogP contribution in [0.15, 0.2) is 53.1 Å². The second-order valence-corrected chi connectivity index (χ2v) is 8.01. The Kier molecular flexibility index (Phi) is 6.37. The highest BCUT2D eigenvalue weighted by Crippen LogP contribution is 2.27. The normalized spacial score (nSPS) is 15.0. The van der Waals surface area contributed by atoms with Gasteiger partial charge in [-0.3, -0.25) is 9.59 Å². The quantitative estimate of drug-likeness (QED) is 0.574. The first-order valence-corrected chi connectivity index (χ1v) is 10.8. The number of furan rings is 1. The molecule has 160 valence electrons. The van der Waals surface area contributed by atoms with E-state index in [2.05, 4.69) is 10.3 Å². The summed E-state index contributed by atoms with van der Waals surface area (Å²) in [5.74, 6) is 1.09. The number of carbonyl (C=O) groups excluding carboxylic acids is 2. The van der Waals surface area contributed by atoms with Gasteiger partial charge < -0.3 is 14.6 Å². The van der Waals surface area contributed by atoms with Crippen LogP contribution in [0, 0.1) is 5.92 Å². The molecule has 2 aromatic heterocycles. The molecule has 0 spiro atoms. The van der Waals surface area contributed by atoms with Gasteiger partial charge >= 0.3 is 0 Å². The van der Waals surface area contributed by atoms with Crippen molar-refractivity contribution in [2.24, 2.45) is 5.92 Å². The summed E-state index contributed by atoms with van der Waals surface area (Å²) in [5, 5.41) is 4.35. The highest BCUT2D eigenvalue weighted by atomic mass is 35.5. The molecule has 0 aliphatic carbocycles. The molecule has 3 heterocycles. The Morgan fingerprint density at radius 1 is 1.23 bits per heavy atom. The fourth-order valence-corrected chi connectivity index (χ4v) is 3.97. The average molecular weight is 438 g/mol. The van der Waals surface area contributed by atoms with Crippen LogP contribution in [-0.4, -0.2) is 34.8 Å². The van der Waals surface area contributed by atoms with E-state index in [9.17, 15) is 9.59 Å². The third-order valence-electron chi connectivity index (χ3n) is 5.58. The van der Waals surface area contributed by atoms with Crippen molar-refractivity contribution in [2.75, 3.05) is 18.4 Å². The number of halogens is 1. The molecule has 2 amide bonds. The van der Waals surface area contributed by atoms with Gasteiger partial charge in [0.05, 0.1) is 5.02 Å². The summed E-state index contributed by atoms with van der Waals surface area (Å²) in [5.41, 5.74) is 1.78. The van der Waals surface area contributed by atoms with Gasteiger partial charge in [0.15, 0.2) is 0 Å².